The molecular weight excluding hydrogens is 294 g/mol. The molecule has 3 unspecified atom stereocenters. The first kappa shape index (κ1) is 17.2. The van der Waals surface area contributed by atoms with E-state index in [-0.39, 0.29) is 12.0 Å². The third-order valence-corrected chi connectivity index (χ3v) is 5.53. The lowest BCUT2D eigenvalue weighted by atomic mass is 9.67. The Morgan fingerprint density at radius 1 is 1.04 bits per heavy atom. The Balaban J connectivity index is 2.05. The molecule has 1 fully saturated rings. The summed E-state index contributed by atoms with van der Waals surface area (Å²) in [5.74, 6) is 0.199. The van der Waals surface area contributed by atoms with Gasteiger partial charge in [-0.2, -0.15) is 0 Å². The minimum Gasteiger partial charge on any atom is -0.385 e. The van der Waals surface area contributed by atoms with Crippen LogP contribution in [0, 0.1) is 12.8 Å². The van der Waals surface area contributed by atoms with Crippen molar-refractivity contribution in [2.45, 2.75) is 44.2 Å². The molecule has 1 aliphatic carbocycles. The van der Waals surface area contributed by atoms with Crippen molar-refractivity contribution in [1.29, 1.82) is 0 Å². The van der Waals surface area contributed by atoms with Crippen molar-refractivity contribution in [3.63, 3.8) is 0 Å². The summed E-state index contributed by atoms with van der Waals surface area (Å²) in [6, 6.07) is 19.3. The van der Waals surface area contributed by atoms with Crippen LogP contribution in [0.15, 0.2) is 54.6 Å². The molecule has 0 saturated heterocycles. The van der Waals surface area contributed by atoms with Gasteiger partial charge in [-0.1, -0.05) is 73.0 Å². The number of nitrogens with zero attached hydrogens (tertiary/aromatic N) is 1. The molecule has 1 aliphatic rings. The first-order chi connectivity index (χ1) is 11.5. The highest BCUT2D eigenvalue weighted by atomic mass is 16.3. The molecule has 0 heterocycles. The summed E-state index contributed by atoms with van der Waals surface area (Å²) in [5, 5.41) is 11.8. The fourth-order valence-electron chi connectivity index (χ4n) is 4.42. The summed E-state index contributed by atoms with van der Waals surface area (Å²) in [5.41, 5.74) is 2.83. The molecule has 2 aromatic rings. The second-order valence-electron chi connectivity index (χ2n) is 7.47. The summed E-state index contributed by atoms with van der Waals surface area (Å²) < 4.78 is 0. The highest BCUT2D eigenvalue weighted by molar-refractivity contribution is 5.31. The van der Waals surface area contributed by atoms with Gasteiger partial charge in [-0.05, 0) is 45.0 Å². The lowest BCUT2D eigenvalue weighted by Crippen LogP contribution is -2.45. The number of benzene rings is 2. The lowest BCUT2D eigenvalue weighted by Gasteiger charge is -2.46. The minimum absolute atomic E-state index is 0.199. The number of aryl methyl sites for hydroxylation is 1. The Morgan fingerprint density at radius 3 is 2.46 bits per heavy atom. The van der Waals surface area contributed by atoms with Crippen LogP contribution < -0.4 is 0 Å². The number of hydrogen-bond acceptors (Lipinski definition) is 2. The van der Waals surface area contributed by atoms with Gasteiger partial charge in [-0.3, -0.25) is 0 Å². The van der Waals surface area contributed by atoms with E-state index >= 15 is 0 Å². The van der Waals surface area contributed by atoms with Crippen molar-refractivity contribution in [3.8, 4) is 0 Å². The van der Waals surface area contributed by atoms with Gasteiger partial charge in [0.05, 0.1) is 5.60 Å². The van der Waals surface area contributed by atoms with Crippen LogP contribution in [0.1, 0.15) is 48.4 Å². The van der Waals surface area contributed by atoms with E-state index in [0.29, 0.717) is 0 Å². The molecule has 3 rings (SSSR count). The molecule has 0 spiro atoms. The Morgan fingerprint density at radius 2 is 1.79 bits per heavy atom. The lowest BCUT2D eigenvalue weighted by molar-refractivity contribution is -0.0838. The predicted octanol–water partition coefficient (Wildman–Crippen LogP) is 4.68. The first-order valence-electron chi connectivity index (χ1n) is 9.03. The van der Waals surface area contributed by atoms with Crippen molar-refractivity contribution in [2.75, 3.05) is 14.1 Å². The molecule has 1 saturated carbocycles. The highest BCUT2D eigenvalue weighted by Crippen LogP contribution is 2.48. The second-order valence-corrected chi connectivity index (χ2v) is 7.47. The molecule has 0 aliphatic heterocycles. The summed E-state index contributed by atoms with van der Waals surface area (Å²) in [4.78, 5) is 2.27. The summed E-state index contributed by atoms with van der Waals surface area (Å²) in [6.07, 6.45) is 4.19. The van der Waals surface area contributed by atoms with Crippen LogP contribution in [0.4, 0.5) is 0 Å². The zero-order valence-corrected chi connectivity index (χ0v) is 15.1. The van der Waals surface area contributed by atoms with Gasteiger partial charge in [0, 0.05) is 12.0 Å². The average molecular weight is 323 g/mol. The molecule has 128 valence electrons. The van der Waals surface area contributed by atoms with Gasteiger partial charge < -0.3 is 10.0 Å². The molecule has 3 atom stereocenters. The van der Waals surface area contributed by atoms with Crippen molar-refractivity contribution in [1.82, 2.24) is 4.90 Å². The van der Waals surface area contributed by atoms with Gasteiger partial charge in [0.1, 0.15) is 0 Å². The van der Waals surface area contributed by atoms with E-state index in [9.17, 15) is 5.11 Å². The van der Waals surface area contributed by atoms with Crippen LogP contribution in [-0.4, -0.2) is 24.1 Å². The maximum Gasteiger partial charge on any atom is 0.0942 e. The van der Waals surface area contributed by atoms with Crippen molar-refractivity contribution < 1.29 is 5.11 Å². The van der Waals surface area contributed by atoms with Crippen molar-refractivity contribution in [2.24, 2.45) is 5.92 Å². The van der Waals surface area contributed by atoms with E-state index in [0.717, 1.165) is 24.8 Å². The third-order valence-electron chi connectivity index (χ3n) is 5.53. The fourth-order valence-corrected chi connectivity index (χ4v) is 4.42. The topological polar surface area (TPSA) is 23.5 Å². The van der Waals surface area contributed by atoms with Gasteiger partial charge in [-0.15, -0.1) is 0 Å². The fraction of sp³-hybridized carbons (Fsp3) is 0.455. The summed E-state index contributed by atoms with van der Waals surface area (Å²) in [7, 11) is 4.26. The van der Waals surface area contributed by atoms with Gasteiger partial charge in [-0.25, -0.2) is 0 Å². The van der Waals surface area contributed by atoms with E-state index < -0.39 is 5.60 Å². The molecular formula is C22H29NO. The normalized spacial score (nSPS) is 25.6. The quantitative estimate of drug-likeness (QED) is 0.883. The Hall–Kier alpha value is -1.64. The zero-order valence-electron chi connectivity index (χ0n) is 15.1. The molecule has 0 amide bonds. The van der Waals surface area contributed by atoms with Crippen LogP contribution in [0.3, 0.4) is 0 Å². The molecule has 1 N–H and O–H groups in total. The van der Waals surface area contributed by atoms with Crippen molar-refractivity contribution in [3.05, 3.63) is 71.3 Å². The van der Waals surface area contributed by atoms with Crippen molar-refractivity contribution >= 4 is 0 Å². The first-order valence-corrected chi connectivity index (χ1v) is 9.03. The molecule has 2 heteroatoms. The van der Waals surface area contributed by atoms with Gasteiger partial charge in [0.2, 0.25) is 0 Å². The van der Waals surface area contributed by atoms with Crippen LogP contribution in [0.2, 0.25) is 0 Å². The molecule has 2 nitrogen and oxygen atoms in total. The van der Waals surface area contributed by atoms with Crippen LogP contribution >= 0.6 is 0 Å². The molecule has 0 aromatic heterocycles. The van der Waals surface area contributed by atoms with Gasteiger partial charge in [0.25, 0.3) is 0 Å². The summed E-state index contributed by atoms with van der Waals surface area (Å²) >= 11 is 0. The number of rotatable bonds is 4. The minimum atomic E-state index is -0.755. The van der Waals surface area contributed by atoms with E-state index in [1.165, 1.54) is 17.5 Å². The van der Waals surface area contributed by atoms with E-state index in [4.69, 9.17) is 0 Å². The van der Waals surface area contributed by atoms with E-state index in [1.54, 1.807) is 0 Å². The van der Waals surface area contributed by atoms with Gasteiger partial charge >= 0.3 is 0 Å². The number of hydrogen-bond donors (Lipinski definition) is 1. The maximum atomic E-state index is 11.8. The Labute approximate surface area is 146 Å². The Kier molecular flexibility index (Phi) is 5.07. The SMILES string of the molecule is Cc1cccc(C2(O)CCCCC2C(c2ccccc2)N(C)C)c1. The van der Waals surface area contributed by atoms with E-state index in [2.05, 4.69) is 80.5 Å². The highest BCUT2D eigenvalue weighted by Gasteiger charge is 2.45. The largest absolute Gasteiger partial charge is 0.385 e. The monoisotopic (exact) mass is 323 g/mol. The maximum absolute atomic E-state index is 11.8. The molecule has 2 aromatic carbocycles. The standard InChI is InChI=1S/C22H29NO/c1-17-10-9-13-19(16-17)22(24)15-8-7-14-20(22)21(23(2)3)18-11-5-4-6-12-18/h4-6,9-13,16,20-21,24H,7-8,14-15H2,1-3H3. The van der Waals surface area contributed by atoms with Crippen LogP contribution in [0.5, 0.6) is 0 Å². The Bertz CT molecular complexity index is 667. The third kappa shape index (κ3) is 3.26. The second kappa shape index (κ2) is 7.08. The van der Waals surface area contributed by atoms with Gasteiger partial charge in [0.15, 0.2) is 0 Å². The number of aliphatic hydroxyl groups is 1. The molecule has 0 bridgehead atoms. The smallest absolute Gasteiger partial charge is 0.0942 e. The average Bonchev–Trinajstić information content (AvgIpc) is 2.58. The molecule has 24 heavy (non-hydrogen) atoms. The predicted molar refractivity (Wildman–Crippen MR) is 99.9 cm³/mol. The van der Waals surface area contributed by atoms with E-state index in [1.807, 2.05) is 0 Å². The summed E-state index contributed by atoms with van der Waals surface area (Å²) in [6.45, 7) is 2.10. The van der Waals surface area contributed by atoms with Crippen LogP contribution in [0.25, 0.3) is 0 Å². The molecule has 0 radical (unpaired) electrons. The zero-order chi connectivity index (χ0) is 17.2. The van der Waals surface area contributed by atoms with Crippen LogP contribution in [-0.2, 0) is 5.60 Å².